The average Bonchev–Trinajstić information content (AvgIpc) is 2.32. The number of hydrogen-bond acceptors (Lipinski definition) is 1. The summed E-state index contributed by atoms with van der Waals surface area (Å²) in [6.45, 7) is 0. The summed E-state index contributed by atoms with van der Waals surface area (Å²) in [6.07, 6.45) is 0. The van der Waals surface area contributed by atoms with Gasteiger partial charge in [0, 0.05) is 8.96 Å². The van der Waals surface area contributed by atoms with Crippen LogP contribution in [0.5, 0.6) is 0 Å². The number of fused-ring (bicyclic) bond motifs is 1. The van der Waals surface area contributed by atoms with Crippen molar-refractivity contribution >= 4 is 56.1 Å². The van der Waals surface area contributed by atoms with Gasteiger partial charge in [0.05, 0.1) is 5.52 Å². The molecule has 0 radical (unpaired) electrons. The predicted molar refractivity (Wildman–Crippen MR) is 61.5 cm³/mol. The van der Waals surface area contributed by atoms with Crippen LogP contribution in [0, 0.1) is 7.27 Å². The van der Waals surface area contributed by atoms with E-state index in [4.69, 9.17) is 0 Å². The van der Waals surface area contributed by atoms with Gasteiger partial charge in [0.25, 0.3) is 0 Å². The van der Waals surface area contributed by atoms with Crippen LogP contribution >= 0.6 is 45.2 Å². The topological polar surface area (TPSA) is 28.7 Å². The molecule has 0 amide bonds. The first-order chi connectivity index (χ1) is 5.27. The van der Waals surface area contributed by atoms with E-state index < -0.39 is 0 Å². The molecule has 1 aromatic heterocycles. The maximum absolute atomic E-state index is 4.14. The third-order valence-electron chi connectivity index (χ3n) is 1.47. The second-order valence-electron chi connectivity index (χ2n) is 2.20. The van der Waals surface area contributed by atoms with Gasteiger partial charge in [0.2, 0.25) is 0 Å². The molecule has 1 N–H and O–H groups in total. The largest absolute Gasteiger partial charge is 0.271 e. The fourth-order valence-electron chi connectivity index (χ4n) is 0.952. The number of aromatic amines is 1. The highest BCUT2D eigenvalue weighted by molar-refractivity contribution is 14.1. The minimum atomic E-state index is 1.04. The summed E-state index contributed by atoms with van der Waals surface area (Å²) >= 11 is 4.53. The molecule has 11 heavy (non-hydrogen) atoms. The van der Waals surface area contributed by atoms with Crippen LogP contribution < -0.4 is 0 Å². The molecule has 1 aromatic carbocycles. The van der Waals surface area contributed by atoms with Gasteiger partial charge in [-0.05, 0) is 63.4 Å². The third-order valence-corrected chi connectivity index (χ3v) is 2.96. The summed E-state index contributed by atoms with van der Waals surface area (Å²) in [5.74, 6) is 0. The average molecular weight is 370 g/mol. The molecule has 0 saturated carbocycles. The van der Waals surface area contributed by atoms with Crippen molar-refractivity contribution in [3.05, 3.63) is 25.5 Å². The first-order valence-corrected chi connectivity index (χ1v) is 5.22. The summed E-state index contributed by atoms with van der Waals surface area (Å²) < 4.78 is 2.33. The van der Waals surface area contributed by atoms with Crippen LogP contribution in [-0.2, 0) is 0 Å². The molecule has 0 bridgehead atoms. The Hall–Kier alpha value is 0.150. The van der Waals surface area contributed by atoms with Crippen LogP contribution in [0.25, 0.3) is 10.9 Å². The minimum absolute atomic E-state index is 1.04. The molecule has 56 valence electrons. The van der Waals surface area contributed by atoms with Crippen molar-refractivity contribution in [1.82, 2.24) is 10.2 Å². The quantitative estimate of drug-likeness (QED) is 0.711. The summed E-state index contributed by atoms with van der Waals surface area (Å²) in [5.41, 5.74) is 1.04. The van der Waals surface area contributed by atoms with Crippen LogP contribution in [0.3, 0.4) is 0 Å². The number of benzene rings is 1. The molecule has 2 aromatic rings. The van der Waals surface area contributed by atoms with E-state index in [9.17, 15) is 0 Å². The summed E-state index contributed by atoms with van der Waals surface area (Å²) in [6, 6.07) is 6.23. The molecule has 0 fully saturated rings. The van der Waals surface area contributed by atoms with Gasteiger partial charge in [0.15, 0.2) is 0 Å². The van der Waals surface area contributed by atoms with Crippen LogP contribution in [0.1, 0.15) is 0 Å². The van der Waals surface area contributed by atoms with Gasteiger partial charge in [-0.1, -0.05) is 0 Å². The van der Waals surface area contributed by atoms with Gasteiger partial charge in [-0.3, -0.25) is 5.10 Å². The van der Waals surface area contributed by atoms with E-state index in [1.807, 2.05) is 0 Å². The lowest BCUT2D eigenvalue weighted by atomic mass is 10.3. The lowest BCUT2D eigenvalue weighted by Crippen LogP contribution is -1.71. The van der Waals surface area contributed by atoms with E-state index in [1.165, 1.54) is 8.96 Å². The van der Waals surface area contributed by atoms with E-state index in [-0.39, 0.29) is 0 Å². The molecule has 1 heterocycles. The summed E-state index contributed by atoms with van der Waals surface area (Å²) in [5, 5.41) is 8.28. The zero-order valence-corrected chi connectivity index (χ0v) is 9.75. The number of hydrogen-bond donors (Lipinski definition) is 1. The Morgan fingerprint density at radius 1 is 1.27 bits per heavy atom. The Morgan fingerprint density at radius 2 is 2.09 bits per heavy atom. The maximum Gasteiger partial charge on any atom is 0.104 e. The Morgan fingerprint density at radius 3 is 2.91 bits per heavy atom. The van der Waals surface area contributed by atoms with Gasteiger partial charge in [-0.15, -0.1) is 0 Å². The van der Waals surface area contributed by atoms with Gasteiger partial charge < -0.3 is 0 Å². The Labute approximate surface area is 91.0 Å². The maximum atomic E-state index is 4.14. The number of H-pyrrole nitrogens is 1. The van der Waals surface area contributed by atoms with Gasteiger partial charge in [-0.2, -0.15) is 5.10 Å². The van der Waals surface area contributed by atoms with Gasteiger partial charge in [-0.25, -0.2) is 0 Å². The zero-order valence-electron chi connectivity index (χ0n) is 5.44. The van der Waals surface area contributed by atoms with Crippen LogP contribution in [0.2, 0.25) is 0 Å². The van der Waals surface area contributed by atoms with Crippen molar-refractivity contribution in [1.29, 1.82) is 0 Å². The number of nitrogens with one attached hydrogen (secondary N) is 1. The van der Waals surface area contributed by atoms with E-state index in [0.717, 1.165) is 9.22 Å². The van der Waals surface area contributed by atoms with Crippen LogP contribution in [0.15, 0.2) is 18.2 Å². The molecule has 0 spiro atoms. The normalized spacial score (nSPS) is 10.7. The van der Waals surface area contributed by atoms with Gasteiger partial charge in [0.1, 0.15) is 3.70 Å². The highest BCUT2D eigenvalue weighted by atomic mass is 127. The first-order valence-electron chi connectivity index (χ1n) is 3.06. The molecule has 2 nitrogen and oxygen atoms in total. The number of aromatic nitrogens is 2. The van der Waals surface area contributed by atoms with E-state index >= 15 is 0 Å². The predicted octanol–water partition coefficient (Wildman–Crippen LogP) is 2.77. The molecule has 0 atom stereocenters. The molecule has 0 aliphatic carbocycles. The number of halogens is 2. The fraction of sp³-hybridized carbons (Fsp3) is 0. The van der Waals surface area contributed by atoms with Crippen molar-refractivity contribution < 1.29 is 0 Å². The van der Waals surface area contributed by atoms with Crippen molar-refractivity contribution in [2.45, 2.75) is 0 Å². The molecular formula is C7H4I2N2. The van der Waals surface area contributed by atoms with Crippen molar-refractivity contribution in [2.24, 2.45) is 0 Å². The molecule has 0 aliphatic rings. The summed E-state index contributed by atoms with van der Waals surface area (Å²) in [4.78, 5) is 0. The van der Waals surface area contributed by atoms with E-state index in [1.54, 1.807) is 0 Å². The number of nitrogens with zero attached hydrogens (tertiary/aromatic N) is 1. The van der Waals surface area contributed by atoms with E-state index in [0.29, 0.717) is 0 Å². The first kappa shape index (κ1) is 7.78. The Balaban J connectivity index is 2.86. The SMILES string of the molecule is Ic1ccc2c(I)[nH]nc2c1. The van der Waals surface area contributed by atoms with Crippen LogP contribution in [0.4, 0.5) is 0 Å². The molecular weight excluding hydrogens is 366 g/mol. The number of rotatable bonds is 0. The van der Waals surface area contributed by atoms with Crippen molar-refractivity contribution in [2.75, 3.05) is 0 Å². The molecule has 0 aliphatic heterocycles. The van der Waals surface area contributed by atoms with Crippen LogP contribution in [-0.4, -0.2) is 10.2 Å². The van der Waals surface area contributed by atoms with Crippen molar-refractivity contribution in [3.8, 4) is 0 Å². The second-order valence-corrected chi connectivity index (χ2v) is 4.52. The van der Waals surface area contributed by atoms with Gasteiger partial charge >= 0.3 is 0 Å². The highest BCUT2D eigenvalue weighted by Gasteiger charge is 2.00. The molecule has 0 unspecified atom stereocenters. The minimum Gasteiger partial charge on any atom is -0.271 e. The smallest absolute Gasteiger partial charge is 0.104 e. The zero-order chi connectivity index (χ0) is 7.84. The Bertz CT molecular complexity index is 394. The van der Waals surface area contributed by atoms with Crippen molar-refractivity contribution in [3.63, 3.8) is 0 Å². The highest BCUT2D eigenvalue weighted by Crippen LogP contribution is 2.19. The lowest BCUT2D eigenvalue weighted by molar-refractivity contribution is 1.09. The molecule has 0 saturated heterocycles. The fourth-order valence-corrected chi connectivity index (χ4v) is 2.00. The second kappa shape index (κ2) is 2.89. The monoisotopic (exact) mass is 370 g/mol. The molecule has 2 rings (SSSR count). The summed E-state index contributed by atoms with van der Waals surface area (Å²) in [7, 11) is 0. The third kappa shape index (κ3) is 1.37. The Kier molecular flexibility index (Phi) is 2.04. The molecule has 4 heteroatoms. The lowest BCUT2D eigenvalue weighted by Gasteiger charge is -1.88. The van der Waals surface area contributed by atoms with E-state index in [2.05, 4.69) is 73.6 Å². The standard InChI is InChI=1S/C7H4I2N2/c8-4-1-2-5-6(3-4)10-11-7(5)9/h1-3H,(H,10,11).